The van der Waals surface area contributed by atoms with Crippen LogP contribution in [0.4, 0.5) is 0 Å². The SMILES string of the molecule is O=C(COC(=O)CN1C(=O)C2CCCCC2C1=O)NCCCSc1ccccc1. The Labute approximate surface area is 174 Å². The van der Waals surface area contributed by atoms with Crippen molar-refractivity contribution in [2.45, 2.75) is 37.0 Å². The molecule has 0 spiro atoms. The monoisotopic (exact) mass is 418 g/mol. The molecule has 3 amide bonds. The molecule has 29 heavy (non-hydrogen) atoms. The topological polar surface area (TPSA) is 92.8 Å². The minimum Gasteiger partial charge on any atom is -0.454 e. The van der Waals surface area contributed by atoms with Crippen molar-refractivity contribution in [3.63, 3.8) is 0 Å². The second-order valence-corrected chi connectivity index (χ2v) is 8.45. The lowest BCUT2D eigenvalue weighted by Gasteiger charge is -2.19. The van der Waals surface area contributed by atoms with Crippen LogP contribution in [0.15, 0.2) is 35.2 Å². The number of nitrogens with one attached hydrogen (secondary N) is 1. The van der Waals surface area contributed by atoms with Gasteiger partial charge in [-0.05, 0) is 37.1 Å². The molecule has 2 unspecified atom stereocenters. The van der Waals surface area contributed by atoms with Crippen molar-refractivity contribution in [1.82, 2.24) is 10.2 Å². The molecule has 2 aliphatic rings. The lowest BCUT2D eigenvalue weighted by Crippen LogP contribution is -2.38. The molecule has 1 N–H and O–H groups in total. The largest absolute Gasteiger partial charge is 0.454 e. The molecule has 1 aliphatic carbocycles. The molecule has 1 aromatic rings. The van der Waals surface area contributed by atoms with E-state index in [1.165, 1.54) is 4.90 Å². The third-order valence-corrected chi connectivity index (χ3v) is 6.34. The van der Waals surface area contributed by atoms with Crippen molar-refractivity contribution >= 4 is 35.5 Å². The maximum absolute atomic E-state index is 12.3. The number of benzene rings is 1. The van der Waals surface area contributed by atoms with Gasteiger partial charge in [0.2, 0.25) is 11.8 Å². The van der Waals surface area contributed by atoms with E-state index in [-0.39, 0.29) is 23.7 Å². The molecule has 1 saturated carbocycles. The average molecular weight is 419 g/mol. The number of carbonyl (C=O) groups excluding carboxylic acids is 4. The number of rotatable bonds is 9. The standard InChI is InChI=1S/C21H26N2O5S/c24-18(22-11-6-12-29-15-7-2-1-3-8-15)14-28-19(25)13-23-20(26)16-9-4-5-10-17(16)21(23)27/h1-3,7-8,16-17H,4-6,9-14H2,(H,22,24). The first-order chi connectivity index (χ1) is 14.1. The van der Waals surface area contributed by atoms with Gasteiger partial charge in [-0.2, -0.15) is 0 Å². The first kappa shape index (κ1) is 21.4. The van der Waals surface area contributed by atoms with E-state index in [2.05, 4.69) is 5.32 Å². The van der Waals surface area contributed by atoms with Crippen LogP contribution in [-0.4, -0.2) is 54.0 Å². The quantitative estimate of drug-likeness (QED) is 0.285. The summed E-state index contributed by atoms with van der Waals surface area (Å²) in [6.07, 6.45) is 4.06. The van der Waals surface area contributed by atoms with E-state index in [9.17, 15) is 19.2 Å². The summed E-state index contributed by atoms with van der Waals surface area (Å²) in [5.74, 6) is -1.40. The highest BCUT2D eigenvalue weighted by molar-refractivity contribution is 7.99. The van der Waals surface area contributed by atoms with Gasteiger partial charge >= 0.3 is 5.97 Å². The maximum atomic E-state index is 12.3. The zero-order chi connectivity index (χ0) is 20.6. The number of nitrogens with zero attached hydrogens (tertiary/aromatic N) is 1. The Morgan fingerprint density at radius 1 is 1.07 bits per heavy atom. The van der Waals surface area contributed by atoms with E-state index in [0.717, 1.165) is 29.9 Å². The highest BCUT2D eigenvalue weighted by Crippen LogP contribution is 2.37. The van der Waals surface area contributed by atoms with Crippen molar-refractivity contribution in [3.8, 4) is 0 Å². The Morgan fingerprint density at radius 3 is 2.38 bits per heavy atom. The molecule has 0 bridgehead atoms. The second-order valence-electron chi connectivity index (χ2n) is 7.29. The molecular formula is C21H26N2O5S. The highest BCUT2D eigenvalue weighted by Gasteiger charge is 2.48. The normalized spacial score (nSPS) is 21.0. The number of hydrogen-bond donors (Lipinski definition) is 1. The van der Waals surface area contributed by atoms with Crippen LogP contribution in [0.2, 0.25) is 0 Å². The summed E-state index contributed by atoms with van der Waals surface area (Å²) >= 11 is 1.71. The van der Waals surface area contributed by atoms with Crippen molar-refractivity contribution in [3.05, 3.63) is 30.3 Å². The molecular weight excluding hydrogens is 392 g/mol. The van der Waals surface area contributed by atoms with Crippen LogP contribution in [0.3, 0.4) is 0 Å². The van der Waals surface area contributed by atoms with Crippen LogP contribution in [0.5, 0.6) is 0 Å². The van der Waals surface area contributed by atoms with E-state index < -0.39 is 25.0 Å². The van der Waals surface area contributed by atoms with Crippen LogP contribution in [-0.2, 0) is 23.9 Å². The molecule has 1 heterocycles. The van der Waals surface area contributed by atoms with E-state index in [0.29, 0.717) is 19.4 Å². The number of carbonyl (C=O) groups is 4. The first-order valence-electron chi connectivity index (χ1n) is 10.0. The van der Waals surface area contributed by atoms with Crippen LogP contribution < -0.4 is 5.32 Å². The van der Waals surface area contributed by atoms with Crippen LogP contribution in [0.1, 0.15) is 32.1 Å². The lowest BCUT2D eigenvalue weighted by molar-refractivity contribution is -0.154. The molecule has 1 aliphatic heterocycles. The van der Waals surface area contributed by atoms with Gasteiger partial charge in [0.25, 0.3) is 5.91 Å². The number of likely N-dealkylation sites (tertiary alicyclic amines) is 1. The Morgan fingerprint density at radius 2 is 1.72 bits per heavy atom. The third kappa shape index (κ3) is 5.82. The van der Waals surface area contributed by atoms with Gasteiger partial charge in [-0.15, -0.1) is 11.8 Å². The summed E-state index contributed by atoms with van der Waals surface area (Å²) in [6.45, 7) is -0.331. The molecule has 8 heteroatoms. The van der Waals surface area contributed by atoms with Gasteiger partial charge in [-0.3, -0.25) is 24.1 Å². The number of amides is 3. The minimum absolute atomic E-state index is 0.281. The van der Waals surface area contributed by atoms with Crippen molar-refractivity contribution in [1.29, 1.82) is 0 Å². The fourth-order valence-corrected chi connectivity index (χ4v) is 4.64. The van der Waals surface area contributed by atoms with E-state index >= 15 is 0 Å². The summed E-state index contributed by atoms with van der Waals surface area (Å²) in [4.78, 5) is 50.7. The van der Waals surface area contributed by atoms with Gasteiger partial charge in [-0.1, -0.05) is 31.0 Å². The summed E-state index contributed by atoms with van der Waals surface area (Å²) in [5.41, 5.74) is 0. The van der Waals surface area contributed by atoms with Gasteiger partial charge in [0.05, 0.1) is 11.8 Å². The summed E-state index contributed by atoms with van der Waals surface area (Å²) in [7, 11) is 0. The number of hydrogen-bond acceptors (Lipinski definition) is 6. The lowest BCUT2D eigenvalue weighted by atomic mass is 9.81. The summed E-state index contributed by atoms with van der Waals surface area (Å²) in [6, 6.07) is 10.0. The fraction of sp³-hybridized carbons (Fsp3) is 0.524. The van der Waals surface area contributed by atoms with Crippen LogP contribution >= 0.6 is 11.8 Å². The molecule has 1 saturated heterocycles. The number of fused-ring (bicyclic) bond motifs is 1. The minimum atomic E-state index is -0.736. The summed E-state index contributed by atoms with van der Waals surface area (Å²) in [5, 5.41) is 2.70. The van der Waals surface area contributed by atoms with Gasteiger partial charge in [0, 0.05) is 11.4 Å². The second kappa shape index (κ2) is 10.4. The van der Waals surface area contributed by atoms with Crippen LogP contribution in [0, 0.1) is 11.8 Å². The zero-order valence-electron chi connectivity index (χ0n) is 16.3. The Kier molecular flexibility index (Phi) is 7.69. The van der Waals surface area contributed by atoms with Crippen molar-refractivity contribution in [2.75, 3.05) is 25.4 Å². The Bertz CT molecular complexity index is 731. The highest BCUT2D eigenvalue weighted by atomic mass is 32.2. The predicted octanol–water partition coefficient (Wildman–Crippen LogP) is 2.00. The van der Waals surface area contributed by atoms with Gasteiger partial charge < -0.3 is 10.1 Å². The van der Waals surface area contributed by atoms with Gasteiger partial charge in [0.15, 0.2) is 6.61 Å². The van der Waals surface area contributed by atoms with Crippen molar-refractivity contribution < 1.29 is 23.9 Å². The molecule has 156 valence electrons. The molecule has 7 nitrogen and oxygen atoms in total. The predicted molar refractivity (Wildman–Crippen MR) is 108 cm³/mol. The van der Waals surface area contributed by atoms with E-state index in [4.69, 9.17) is 4.74 Å². The number of imide groups is 1. The molecule has 0 radical (unpaired) electrons. The molecule has 3 rings (SSSR count). The molecule has 0 aromatic heterocycles. The van der Waals surface area contributed by atoms with Gasteiger partial charge in [0.1, 0.15) is 6.54 Å². The van der Waals surface area contributed by atoms with E-state index in [1.807, 2.05) is 30.3 Å². The molecule has 1 aromatic carbocycles. The zero-order valence-corrected chi connectivity index (χ0v) is 17.1. The third-order valence-electron chi connectivity index (χ3n) is 5.24. The maximum Gasteiger partial charge on any atom is 0.326 e. The fourth-order valence-electron chi connectivity index (χ4n) is 3.77. The number of esters is 1. The smallest absolute Gasteiger partial charge is 0.326 e. The van der Waals surface area contributed by atoms with Crippen molar-refractivity contribution in [2.24, 2.45) is 11.8 Å². The Balaban J connectivity index is 1.30. The van der Waals surface area contributed by atoms with Gasteiger partial charge in [-0.25, -0.2) is 0 Å². The Hall–Kier alpha value is -2.35. The molecule has 2 atom stereocenters. The number of thioether (sulfide) groups is 1. The van der Waals surface area contributed by atoms with Crippen LogP contribution in [0.25, 0.3) is 0 Å². The van der Waals surface area contributed by atoms with E-state index in [1.54, 1.807) is 11.8 Å². The number of ether oxygens (including phenoxy) is 1. The average Bonchev–Trinajstić information content (AvgIpc) is 2.98. The summed E-state index contributed by atoms with van der Waals surface area (Å²) < 4.78 is 4.94. The first-order valence-corrected chi connectivity index (χ1v) is 11.0. The molecule has 2 fully saturated rings.